The van der Waals surface area contributed by atoms with Crippen LogP contribution in [-0.2, 0) is 20.7 Å². The first-order chi connectivity index (χ1) is 9.52. The molecule has 0 radical (unpaired) electrons. The maximum atomic E-state index is 11.3. The second kappa shape index (κ2) is 11.0. The number of hydrogen-bond acceptors (Lipinski definition) is 4. The van der Waals surface area contributed by atoms with E-state index >= 15 is 0 Å². The fourth-order valence-corrected chi connectivity index (χ4v) is 1.73. The Morgan fingerprint density at radius 3 is 2.48 bits per heavy atom. The third-order valence-electron chi connectivity index (χ3n) is 2.60. The number of benzene rings is 1. The minimum atomic E-state index is -0.967. The van der Waals surface area contributed by atoms with Crippen molar-refractivity contribution < 1.29 is 19.4 Å². The van der Waals surface area contributed by atoms with Crippen molar-refractivity contribution in [3.8, 4) is 0 Å². The van der Waals surface area contributed by atoms with E-state index in [-0.39, 0.29) is 58.0 Å². The summed E-state index contributed by atoms with van der Waals surface area (Å²) in [6.07, 6.45) is 1.59. The van der Waals surface area contributed by atoms with Crippen LogP contribution in [-0.4, -0.2) is 81.1 Å². The molecule has 1 aromatic carbocycles. The van der Waals surface area contributed by atoms with Crippen LogP contribution in [0.25, 0.3) is 0 Å². The van der Waals surface area contributed by atoms with Crippen molar-refractivity contribution in [2.45, 2.75) is 26.3 Å². The predicted molar refractivity (Wildman–Crippen MR) is 82.2 cm³/mol. The molecule has 1 rings (SSSR count). The number of carboxylic acids is 1. The number of aliphatic carboxylic acids is 1. The van der Waals surface area contributed by atoms with Crippen molar-refractivity contribution in [2.24, 2.45) is 0 Å². The van der Waals surface area contributed by atoms with Crippen molar-refractivity contribution in [2.75, 3.05) is 6.61 Å². The average molecular weight is 317 g/mol. The van der Waals surface area contributed by atoms with Gasteiger partial charge in [-0.1, -0.05) is 30.3 Å². The number of carbonyl (C=O) groups is 2. The quantitative estimate of drug-likeness (QED) is 0.447. The molecule has 110 valence electrons. The topological polar surface area (TPSA) is 75.6 Å². The Hall–Kier alpha value is -0.664. The van der Waals surface area contributed by atoms with Crippen LogP contribution in [0, 0.1) is 0 Å². The van der Waals surface area contributed by atoms with E-state index in [1.54, 1.807) is 13.8 Å². The van der Waals surface area contributed by atoms with E-state index in [9.17, 15) is 14.7 Å². The summed E-state index contributed by atoms with van der Waals surface area (Å²) in [5.41, 5.74) is 1.38. The Bertz CT molecular complexity index is 488. The minimum absolute atomic E-state index is 0. The third-order valence-corrected chi connectivity index (χ3v) is 2.60. The summed E-state index contributed by atoms with van der Waals surface area (Å²) in [5.74, 6) is -1.45. The molecule has 0 saturated carbocycles. The van der Waals surface area contributed by atoms with Crippen molar-refractivity contribution in [3.63, 3.8) is 0 Å². The number of carboxylic acid groups (broad SMARTS) is 1. The summed E-state index contributed by atoms with van der Waals surface area (Å²) in [7, 11) is 0. The van der Waals surface area contributed by atoms with Crippen LogP contribution in [0.4, 0.5) is 0 Å². The summed E-state index contributed by atoms with van der Waals surface area (Å²) < 4.78 is 4.77. The van der Waals surface area contributed by atoms with Gasteiger partial charge >= 0.3 is 63.3 Å². The van der Waals surface area contributed by atoms with Gasteiger partial charge in [0.2, 0.25) is 0 Å². The van der Waals surface area contributed by atoms with E-state index in [2.05, 4.69) is 5.32 Å². The number of carbonyl (C=O) groups excluding carboxylic acids is 1. The molecule has 0 aromatic heterocycles. The summed E-state index contributed by atoms with van der Waals surface area (Å²) in [6.45, 7) is 3.64. The van der Waals surface area contributed by atoms with Crippen LogP contribution in [0.2, 0.25) is 0 Å². The average Bonchev–Trinajstić information content (AvgIpc) is 2.39. The molecule has 0 amide bonds. The molecule has 0 aliphatic rings. The fourth-order valence-electron chi connectivity index (χ4n) is 1.73. The van der Waals surface area contributed by atoms with Crippen LogP contribution >= 0.6 is 0 Å². The zero-order valence-corrected chi connectivity index (χ0v) is 11.6. The molecule has 6 heteroatoms. The van der Waals surface area contributed by atoms with E-state index in [1.807, 2.05) is 30.3 Å². The summed E-state index contributed by atoms with van der Waals surface area (Å²) in [6, 6.07) is 8.52. The van der Waals surface area contributed by atoms with E-state index < -0.39 is 18.0 Å². The summed E-state index contributed by atoms with van der Waals surface area (Å²) in [5, 5.41) is 12.0. The number of allylic oxidation sites excluding steroid dienone is 1. The number of ether oxygens (including phenoxy) is 1. The van der Waals surface area contributed by atoms with Gasteiger partial charge in [0.1, 0.15) is 6.04 Å². The molecule has 0 saturated heterocycles. The first-order valence-electron chi connectivity index (χ1n) is 6.41. The molecule has 2 N–H and O–H groups in total. The molecule has 5 nitrogen and oxygen atoms in total. The number of nitrogens with one attached hydrogen (secondary N) is 1. The van der Waals surface area contributed by atoms with Gasteiger partial charge in [-0.15, -0.1) is 0 Å². The standard InChI is InChI=1S/C15H19NO4.K.H/c1-3-20-14(17)9-11(2)16-13(15(18)19)10-12-7-5-4-6-8-12;;/h4-9,13,16H,3,10H2,1-2H3,(H,18,19);;/t13-;;/m0../s1. The Morgan fingerprint density at radius 2 is 1.95 bits per heavy atom. The first kappa shape index (κ1) is 20.3. The van der Waals surface area contributed by atoms with Gasteiger partial charge in [-0.05, 0) is 19.4 Å². The normalized spacial score (nSPS) is 12.0. The van der Waals surface area contributed by atoms with Crippen molar-refractivity contribution in [1.29, 1.82) is 0 Å². The van der Waals surface area contributed by atoms with E-state index in [0.717, 1.165) is 5.56 Å². The van der Waals surface area contributed by atoms with Gasteiger partial charge in [0.05, 0.1) is 6.61 Å². The van der Waals surface area contributed by atoms with Gasteiger partial charge in [-0.2, -0.15) is 0 Å². The van der Waals surface area contributed by atoms with Gasteiger partial charge in [0.25, 0.3) is 0 Å². The maximum absolute atomic E-state index is 11.3. The van der Waals surface area contributed by atoms with Gasteiger partial charge < -0.3 is 15.2 Å². The zero-order valence-electron chi connectivity index (χ0n) is 11.6. The van der Waals surface area contributed by atoms with Crippen LogP contribution < -0.4 is 5.32 Å². The van der Waals surface area contributed by atoms with E-state index in [1.165, 1.54) is 6.08 Å². The number of hydrogen-bond donors (Lipinski definition) is 2. The fraction of sp³-hybridized carbons (Fsp3) is 0.333. The van der Waals surface area contributed by atoms with E-state index in [4.69, 9.17) is 4.74 Å². The van der Waals surface area contributed by atoms with Crippen molar-refractivity contribution in [3.05, 3.63) is 47.7 Å². The molecule has 0 aliphatic carbocycles. The molecule has 21 heavy (non-hydrogen) atoms. The molecule has 1 aromatic rings. The second-order valence-corrected chi connectivity index (χ2v) is 4.30. The van der Waals surface area contributed by atoms with E-state index in [0.29, 0.717) is 12.1 Å². The zero-order chi connectivity index (χ0) is 15.0. The Morgan fingerprint density at radius 1 is 1.33 bits per heavy atom. The molecule has 0 unspecified atom stereocenters. The van der Waals surface area contributed by atoms with Crippen LogP contribution in [0.3, 0.4) is 0 Å². The molecular formula is C15H20KNO4. The monoisotopic (exact) mass is 317 g/mol. The van der Waals surface area contributed by atoms with Gasteiger partial charge in [-0.25, -0.2) is 9.59 Å². The van der Waals surface area contributed by atoms with Crippen molar-refractivity contribution in [1.82, 2.24) is 5.32 Å². The molecule has 0 bridgehead atoms. The second-order valence-electron chi connectivity index (χ2n) is 4.30. The van der Waals surface area contributed by atoms with Gasteiger partial charge in [0, 0.05) is 18.2 Å². The summed E-state index contributed by atoms with van der Waals surface area (Å²) in [4.78, 5) is 22.5. The Balaban J connectivity index is 0.00000400. The summed E-state index contributed by atoms with van der Waals surface area (Å²) >= 11 is 0. The molecule has 0 fully saturated rings. The van der Waals surface area contributed by atoms with Gasteiger partial charge in [0.15, 0.2) is 0 Å². The van der Waals surface area contributed by atoms with Crippen molar-refractivity contribution >= 4 is 63.3 Å². The molecular weight excluding hydrogens is 297 g/mol. The van der Waals surface area contributed by atoms with Gasteiger partial charge in [-0.3, -0.25) is 0 Å². The van der Waals surface area contributed by atoms with Crippen LogP contribution in [0.1, 0.15) is 19.4 Å². The Labute approximate surface area is 167 Å². The molecule has 0 aliphatic heterocycles. The first-order valence-corrected chi connectivity index (χ1v) is 6.41. The van der Waals surface area contributed by atoms with Crippen LogP contribution in [0.5, 0.6) is 0 Å². The number of rotatable bonds is 7. The number of esters is 1. The molecule has 0 spiro atoms. The SMILES string of the molecule is CCOC(=O)C=C(C)N[C@@H](Cc1ccccc1)C(=O)O.[KH]. The van der Waals surface area contributed by atoms with Crippen LogP contribution in [0.15, 0.2) is 42.1 Å². The molecule has 0 heterocycles. The molecule has 1 atom stereocenters. The predicted octanol–water partition coefficient (Wildman–Crippen LogP) is 1.09. The Kier molecular flexibility index (Phi) is 10.6. The third kappa shape index (κ3) is 8.38.